The highest BCUT2D eigenvalue weighted by Crippen LogP contribution is 2.20. The highest BCUT2D eigenvalue weighted by Gasteiger charge is 2.16. The number of hydrogen-bond donors (Lipinski definition) is 1. The van der Waals surface area contributed by atoms with Gasteiger partial charge in [0.25, 0.3) is 5.91 Å². The van der Waals surface area contributed by atoms with Crippen molar-refractivity contribution in [2.75, 3.05) is 36.5 Å². The molecular formula is C23H28N2O3S. The Hall–Kier alpha value is -2.47. The second-order valence-electron chi connectivity index (χ2n) is 7.43. The summed E-state index contributed by atoms with van der Waals surface area (Å²) in [5.74, 6) is 3.08. The van der Waals surface area contributed by atoms with Gasteiger partial charge in [-0.2, -0.15) is 11.8 Å². The van der Waals surface area contributed by atoms with Crippen LogP contribution in [-0.4, -0.2) is 47.9 Å². The molecular weight excluding hydrogens is 384 g/mol. The fraction of sp³-hybridized carbons (Fsp3) is 0.391. The molecule has 0 unspecified atom stereocenters. The van der Waals surface area contributed by atoms with Crippen molar-refractivity contribution in [3.8, 4) is 5.75 Å². The van der Waals surface area contributed by atoms with Crippen molar-refractivity contribution in [3.05, 3.63) is 59.7 Å². The SMILES string of the molecule is CC(C)c1cccc(OCC(=O)Nc2ccc(CC(=O)N3CCSCC3)cc2)c1. The summed E-state index contributed by atoms with van der Waals surface area (Å²) in [7, 11) is 0. The zero-order chi connectivity index (χ0) is 20.6. The molecule has 2 amide bonds. The Labute approximate surface area is 176 Å². The zero-order valence-electron chi connectivity index (χ0n) is 17.0. The molecule has 0 saturated carbocycles. The van der Waals surface area contributed by atoms with Crippen LogP contribution in [0.1, 0.15) is 30.9 Å². The third-order valence-corrected chi connectivity index (χ3v) is 5.79. The molecule has 0 radical (unpaired) electrons. The predicted molar refractivity (Wildman–Crippen MR) is 119 cm³/mol. The quantitative estimate of drug-likeness (QED) is 0.748. The van der Waals surface area contributed by atoms with Gasteiger partial charge in [0, 0.05) is 30.3 Å². The first kappa shape index (κ1) is 21.2. The molecule has 0 spiro atoms. The average Bonchev–Trinajstić information content (AvgIpc) is 2.74. The molecule has 5 nitrogen and oxygen atoms in total. The first-order valence-corrected chi connectivity index (χ1v) is 11.1. The summed E-state index contributed by atoms with van der Waals surface area (Å²) in [5.41, 5.74) is 2.82. The van der Waals surface area contributed by atoms with Gasteiger partial charge in [-0.25, -0.2) is 0 Å². The summed E-state index contributed by atoms with van der Waals surface area (Å²) in [6.45, 7) is 5.85. The molecule has 1 fully saturated rings. The van der Waals surface area contributed by atoms with Crippen molar-refractivity contribution in [1.82, 2.24) is 4.90 Å². The zero-order valence-corrected chi connectivity index (χ0v) is 17.8. The second-order valence-corrected chi connectivity index (χ2v) is 8.66. The van der Waals surface area contributed by atoms with Crippen molar-refractivity contribution in [2.24, 2.45) is 0 Å². The molecule has 0 aliphatic carbocycles. The van der Waals surface area contributed by atoms with E-state index in [1.165, 1.54) is 5.56 Å². The summed E-state index contributed by atoms with van der Waals surface area (Å²) < 4.78 is 5.61. The Morgan fingerprint density at radius 2 is 1.83 bits per heavy atom. The Bertz CT molecular complexity index is 830. The van der Waals surface area contributed by atoms with Crippen LogP contribution in [0.25, 0.3) is 0 Å². The molecule has 29 heavy (non-hydrogen) atoms. The van der Waals surface area contributed by atoms with E-state index in [1.54, 1.807) is 0 Å². The van der Waals surface area contributed by atoms with Crippen LogP contribution in [0.3, 0.4) is 0 Å². The third-order valence-electron chi connectivity index (χ3n) is 4.85. The van der Waals surface area contributed by atoms with Crippen molar-refractivity contribution < 1.29 is 14.3 Å². The molecule has 2 aromatic rings. The number of hydrogen-bond acceptors (Lipinski definition) is 4. The molecule has 0 aromatic heterocycles. The number of ether oxygens (including phenoxy) is 1. The summed E-state index contributed by atoms with van der Waals surface area (Å²) in [6.07, 6.45) is 0.397. The standard InChI is InChI=1S/C23H28N2O3S/c1-17(2)19-4-3-5-21(15-19)28-16-22(26)24-20-8-6-18(7-9-20)14-23(27)25-10-12-29-13-11-25/h3-9,15,17H,10-14,16H2,1-2H3,(H,24,26). The molecule has 1 saturated heterocycles. The maximum absolute atomic E-state index is 12.3. The van der Waals surface area contributed by atoms with Crippen LogP contribution < -0.4 is 10.1 Å². The number of nitrogens with one attached hydrogen (secondary N) is 1. The lowest BCUT2D eigenvalue weighted by atomic mass is 10.0. The number of carbonyl (C=O) groups excluding carboxylic acids is 2. The van der Waals surface area contributed by atoms with Gasteiger partial charge >= 0.3 is 0 Å². The van der Waals surface area contributed by atoms with Crippen molar-refractivity contribution in [1.29, 1.82) is 0 Å². The molecule has 0 bridgehead atoms. The summed E-state index contributed by atoms with van der Waals surface area (Å²) in [4.78, 5) is 26.4. The van der Waals surface area contributed by atoms with E-state index in [-0.39, 0.29) is 18.4 Å². The van der Waals surface area contributed by atoms with Crippen LogP contribution in [0.5, 0.6) is 5.75 Å². The maximum Gasteiger partial charge on any atom is 0.262 e. The van der Waals surface area contributed by atoms with Crippen LogP contribution in [0.4, 0.5) is 5.69 Å². The highest BCUT2D eigenvalue weighted by atomic mass is 32.2. The number of carbonyl (C=O) groups is 2. The smallest absolute Gasteiger partial charge is 0.262 e. The molecule has 1 heterocycles. The molecule has 1 N–H and O–H groups in total. The van der Waals surface area contributed by atoms with E-state index in [4.69, 9.17) is 4.74 Å². The highest BCUT2D eigenvalue weighted by molar-refractivity contribution is 7.99. The lowest BCUT2D eigenvalue weighted by Gasteiger charge is -2.26. The van der Waals surface area contributed by atoms with Gasteiger partial charge < -0.3 is 15.0 Å². The first-order chi connectivity index (χ1) is 14.0. The van der Waals surface area contributed by atoms with Gasteiger partial charge in [0.15, 0.2) is 6.61 Å². The van der Waals surface area contributed by atoms with Crippen LogP contribution >= 0.6 is 11.8 Å². The number of benzene rings is 2. The van der Waals surface area contributed by atoms with Crippen molar-refractivity contribution in [2.45, 2.75) is 26.2 Å². The van der Waals surface area contributed by atoms with Crippen molar-refractivity contribution >= 4 is 29.3 Å². The van der Waals surface area contributed by atoms with Gasteiger partial charge in [0.2, 0.25) is 5.91 Å². The van der Waals surface area contributed by atoms with Crippen molar-refractivity contribution in [3.63, 3.8) is 0 Å². The van der Waals surface area contributed by atoms with E-state index in [0.29, 0.717) is 23.8 Å². The van der Waals surface area contributed by atoms with Gasteiger partial charge in [0.05, 0.1) is 6.42 Å². The average molecular weight is 413 g/mol. The van der Waals surface area contributed by atoms with E-state index in [2.05, 4.69) is 19.2 Å². The normalized spacial score (nSPS) is 14.0. The molecule has 154 valence electrons. The van der Waals surface area contributed by atoms with Crippen LogP contribution in [-0.2, 0) is 16.0 Å². The van der Waals surface area contributed by atoms with Gasteiger partial charge in [0.1, 0.15) is 5.75 Å². The molecule has 6 heteroatoms. The first-order valence-electron chi connectivity index (χ1n) is 9.98. The maximum atomic E-state index is 12.3. The minimum Gasteiger partial charge on any atom is -0.484 e. The van der Waals surface area contributed by atoms with Gasteiger partial charge in [-0.15, -0.1) is 0 Å². The van der Waals surface area contributed by atoms with E-state index in [0.717, 1.165) is 30.2 Å². The molecule has 1 aliphatic rings. The molecule has 3 rings (SSSR count). The number of rotatable bonds is 7. The van der Waals surface area contributed by atoms with Gasteiger partial charge in [-0.3, -0.25) is 9.59 Å². The van der Waals surface area contributed by atoms with Crippen LogP contribution in [0.2, 0.25) is 0 Å². The molecule has 1 aliphatic heterocycles. The minimum absolute atomic E-state index is 0.0469. The van der Waals surface area contributed by atoms with Crippen LogP contribution in [0.15, 0.2) is 48.5 Å². The summed E-state index contributed by atoms with van der Waals surface area (Å²) in [5, 5.41) is 2.83. The van der Waals surface area contributed by atoms with E-state index < -0.39 is 0 Å². The minimum atomic E-state index is -0.213. The second kappa shape index (κ2) is 10.3. The Kier molecular flexibility index (Phi) is 7.58. The number of thioether (sulfide) groups is 1. The Balaban J connectivity index is 1.47. The van der Waals surface area contributed by atoms with E-state index >= 15 is 0 Å². The van der Waals surface area contributed by atoms with Gasteiger partial charge in [-0.1, -0.05) is 38.1 Å². The lowest BCUT2D eigenvalue weighted by Crippen LogP contribution is -2.38. The fourth-order valence-corrected chi connectivity index (χ4v) is 4.02. The number of nitrogens with zero attached hydrogens (tertiary/aromatic N) is 1. The lowest BCUT2D eigenvalue weighted by molar-refractivity contribution is -0.130. The number of amides is 2. The fourth-order valence-electron chi connectivity index (χ4n) is 3.11. The third kappa shape index (κ3) is 6.53. The summed E-state index contributed by atoms with van der Waals surface area (Å²) >= 11 is 1.89. The van der Waals surface area contributed by atoms with E-state index in [1.807, 2.05) is 65.2 Å². The van der Waals surface area contributed by atoms with Gasteiger partial charge in [-0.05, 0) is 41.3 Å². The Morgan fingerprint density at radius 3 is 2.52 bits per heavy atom. The Morgan fingerprint density at radius 1 is 1.10 bits per heavy atom. The predicted octanol–water partition coefficient (Wildman–Crippen LogP) is 3.95. The van der Waals surface area contributed by atoms with Crippen LogP contribution in [0, 0.1) is 0 Å². The topological polar surface area (TPSA) is 58.6 Å². The monoisotopic (exact) mass is 412 g/mol. The summed E-state index contributed by atoms with van der Waals surface area (Å²) in [6, 6.07) is 15.2. The van der Waals surface area contributed by atoms with E-state index in [9.17, 15) is 9.59 Å². The molecule has 0 atom stereocenters. The molecule has 2 aromatic carbocycles. The number of anilines is 1. The largest absolute Gasteiger partial charge is 0.484 e.